The minimum Gasteiger partial charge on any atom is -0.325 e. The Morgan fingerprint density at radius 3 is 2.33 bits per heavy atom. The van der Waals surface area contributed by atoms with E-state index in [4.69, 9.17) is 0 Å². The Labute approximate surface area is 123 Å². The number of nitrogens with zero attached hydrogens (tertiary/aromatic N) is 1. The predicted molar refractivity (Wildman–Crippen MR) is 80.0 cm³/mol. The van der Waals surface area contributed by atoms with E-state index < -0.39 is 31.2 Å². The fourth-order valence-corrected chi connectivity index (χ4v) is 2.86. The number of benzene rings is 1. The van der Waals surface area contributed by atoms with E-state index in [0.717, 1.165) is 0 Å². The van der Waals surface area contributed by atoms with E-state index in [0.29, 0.717) is 5.56 Å². The zero-order chi connectivity index (χ0) is 16.4. The van der Waals surface area contributed by atoms with E-state index in [2.05, 4.69) is 5.32 Å². The average molecular weight is 314 g/mol. The molecule has 1 aromatic carbocycles. The monoisotopic (exact) mass is 314 g/mol. The van der Waals surface area contributed by atoms with Gasteiger partial charge in [0.05, 0.1) is 10.2 Å². The van der Waals surface area contributed by atoms with Gasteiger partial charge < -0.3 is 5.32 Å². The molecule has 0 heterocycles. The molecule has 1 atom stereocenters. The van der Waals surface area contributed by atoms with E-state index in [-0.39, 0.29) is 11.4 Å². The Kier molecular flexibility index (Phi) is 5.06. The van der Waals surface area contributed by atoms with Crippen molar-refractivity contribution in [1.82, 2.24) is 0 Å². The highest BCUT2D eigenvalue weighted by atomic mass is 32.2. The third-order valence-corrected chi connectivity index (χ3v) is 5.71. The van der Waals surface area contributed by atoms with Gasteiger partial charge in [-0.2, -0.15) is 0 Å². The maximum atomic E-state index is 12.0. The minimum atomic E-state index is -3.58. The predicted octanol–water partition coefficient (Wildman–Crippen LogP) is 2.05. The van der Waals surface area contributed by atoms with Gasteiger partial charge in [-0.15, -0.1) is 0 Å². The fourth-order valence-electron chi connectivity index (χ4n) is 1.69. The van der Waals surface area contributed by atoms with Crippen LogP contribution in [0.5, 0.6) is 0 Å². The number of hydrogen-bond donors (Lipinski definition) is 1. The van der Waals surface area contributed by atoms with Gasteiger partial charge in [0, 0.05) is 17.3 Å². The van der Waals surface area contributed by atoms with Gasteiger partial charge in [0.25, 0.3) is 5.69 Å². The van der Waals surface area contributed by atoms with Crippen molar-refractivity contribution in [1.29, 1.82) is 0 Å². The molecule has 0 spiro atoms. The summed E-state index contributed by atoms with van der Waals surface area (Å²) in [7, 11) is -3.58. The summed E-state index contributed by atoms with van der Waals surface area (Å²) in [5, 5.41) is 11.3. The third-order valence-electron chi connectivity index (χ3n) is 3.19. The number of hydrogen-bond acceptors (Lipinski definition) is 5. The highest BCUT2D eigenvalue weighted by Gasteiger charge is 2.30. The normalized spacial score (nSPS) is 13.0. The standard InChI is InChI=1S/C13H18N2O5S/c1-8(2)21(19,20)10(4)13(16)14-11-6-5-9(3)12(7-11)15(17)18/h5-8,10H,1-4H3,(H,14,16). The van der Waals surface area contributed by atoms with E-state index in [9.17, 15) is 23.3 Å². The van der Waals surface area contributed by atoms with Crippen LogP contribution in [0.4, 0.5) is 11.4 Å². The number of anilines is 1. The number of carbonyl (C=O) groups is 1. The number of amides is 1. The van der Waals surface area contributed by atoms with Crippen LogP contribution in [-0.2, 0) is 14.6 Å². The molecule has 1 aromatic rings. The third kappa shape index (κ3) is 3.78. The van der Waals surface area contributed by atoms with Gasteiger partial charge in [-0.05, 0) is 33.8 Å². The molecule has 0 aliphatic carbocycles. The van der Waals surface area contributed by atoms with Crippen molar-refractivity contribution < 1.29 is 18.1 Å². The van der Waals surface area contributed by atoms with Gasteiger partial charge in [0.1, 0.15) is 5.25 Å². The first-order valence-corrected chi connectivity index (χ1v) is 7.97. The van der Waals surface area contributed by atoms with Crippen molar-refractivity contribution in [2.24, 2.45) is 0 Å². The van der Waals surface area contributed by atoms with Crippen LogP contribution < -0.4 is 5.32 Å². The topological polar surface area (TPSA) is 106 Å². The first-order valence-electron chi connectivity index (χ1n) is 6.36. The molecule has 0 saturated carbocycles. The smallest absolute Gasteiger partial charge is 0.274 e. The lowest BCUT2D eigenvalue weighted by Crippen LogP contribution is -2.36. The van der Waals surface area contributed by atoms with E-state index >= 15 is 0 Å². The summed E-state index contributed by atoms with van der Waals surface area (Å²) in [5.74, 6) is -0.707. The molecule has 21 heavy (non-hydrogen) atoms. The zero-order valence-corrected chi connectivity index (χ0v) is 13.1. The van der Waals surface area contributed by atoms with Crippen LogP contribution in [0.15, 0.2) is 18.2 Å². The first-order chi connectivity index (χ1) is 9.57. The molecular formula is C13H18N2O5S. The average Bonchev–Trinajstić information content (AvgIpc) is 2.39. The second-order valence-corrected chi connectivity index (χ2v) is 7.86. The van der Waals surface area contributed by atoms with Crippen LogP contribution in [0.1, 0.15) is 26.3 Å². The van der Waals surface area contributed by atoms with Crippen molar-refractivity contribution in [3.05, 3.63) is 33.9 Å². The number of nitro groups is 1. The number of nitro benzene ring substituents is 1. The maximum Gasteiger partial charge on any atom is 0.274 e. The SMILES string of the molecule is Cc1ccc(NC(=O)C(C)S(=O)(=O)C(C)C)cc1[N+](=O)[O-]. The Balaban J connectivity index is 3.00. The van der Waals surface area contributed by atoms with Gasteiger partial charge in [0.15, 0.2) is 9.84 Å². The van der Waals surface area contributed by atoms with Crippen LogP contribution in [0.2, 0.25) is 0 Å². The molecule has 0 saturated heterocycles. The molecule has 1 N–H and O–H groups in total. The van der Waals surface area contributed by atoms with E-state index in [1.54, 1.807) is 6.92 Å². The molecule has 0 radical (unpaired) electrons. The van der Waals surface area contributed by atoms with Gasteiger partial charge >= 0.3 is 0 Å². The molecule has 1 unspecified atom stereocenters. The zero-order valence-electron chi connectivity index (χ0n) is 12.3. The Morgan fingerprint density at radius 1 is 1.29 bits per heavy atom. The maximum absolute atomic E-state index is 12.0. The number of rotatable bonds is 5. The highest BCUT2D eigenvalue weighted by Crippen LogP contribution is 2.23. The number of aryl methyl sites for hydroxylation is 1. The molecule has 0 aliphatic heterocycles. The Bertz CT molecular complexity index is 667. The summed E-state index contributed by atoms with van der Waals surface area (Å²) in [6.07, 6.45) is 0. The van der Waals surface area contributed by atoms with Gasteiger partial charge in [0.2, 0.25) is 5.91 Å². The summed E-state index contributed by atoms with van der Waals surface area (Å²) >= 11 is 0. The van der Waals surface area contributed by atoms with E-state index in [1.165, 1.54) is 39.0 Å². The van der Waals surface area contributed by atoms with Crippen LogP contribution in [0, 0.1) is 17.0 Å². The first kappa shape index (κ1) is 17.1. The summed E-state index contributed by atoms with van der Waals surface area (Å²) in [6.45, 7) is 5.87. The second kappa shape index (κ2) is 6.21. The van der Waals surface area contributed by atoms with Crippen molar-refractivity contribution >= 4 is 27.1 Å². The number of carbonyl (C=O) groups excluding carboxylic acids is 1. The lowest BCUT2D eigenvalue weighted by molar-refractivity contribution is -0.385. The Hall–Kier alpha value is -1.96. The highest BCUT2D eigenvalue weighted by molar-refractivity contribution is 7.93. The molecule has 1 rings (SSSR count). The lowest BCUT2D eigenvalue weighted by atomic mass is 10.2. The number of sulfone groups is 1. The van der Waals surface area contributed by atoms with Crippen molar-refractivity contribution in [2.45, 2.75) is 38.2 Å². The largest absolute Gasteiger partial charge is 0.325 e. The van der Waals surface area contributed by atoms with E-state index in [1.807, 2.05) is 0 Å². The minimum absolute atomic E-state index is 0.132. The molecule has 0 bridgehead atoms. The number of nitrogens with one attached hydrogen (secondary N) is 1. The molecule has 7 nitrogen and oxygen atoms in total. The second-order valence-electron chi connectivity index (χ2n) is 5.03. The summed E-state index contributed by atoms with van der Waals surface area (Å²) in [5.41, 5.74) is 0.524. The van der Waals surface area contributed by atoms with Gasteiger partial charge in [-0.3, -0.25) is 14.9 Å². The quantitative estimate of drug-likeness (QED) is 0.661. The molecule has 116 valence electrons. The van der Waals surface area contributed by atoms with Crippen molar-refractivity contribution in [3.8, 4) is 0 Å². The van der Waals surface area contributed by atoms with Gasteiger partial charge in [-0.1, -0.05) is 6.07 Å². The molecule has 0 aromatic heterocycles. The van der Waals surface area contributed by atoms with Gasteiger partial charge in [-0.25, -0.2) is 8.42 Å². The molecule has 0 fully saturated rings. The van der Waals surface area contributed by atoms with Crippen molar-refractivity contribution in [2.75, 3.05) is 5.32 Å². The van der Waals surface area contributed by atoms with Crippen LogP contribution in [-0.4, -0.2) is 29.7 Å². The van der Waals surface area contributed by atoms with Crippen LogP contribution in [0.25, 0.3) is 0 Å². The summed E-state index contributed by atoms with van der Waals surface area (Å²) < 4.78 is 23.8. The van der Waals surface area contributed by atoms with Crippen LogP contribution >= 0.6 is 0 Å². The Morgan fingerprint density at radius 2 is 1.86 bits per heavy atom. The molecule has 8 heteroatoms. The van der Waals surface area contributed by atoms with Crippen molar-refractivity contribution in [3.63, 3.8) is 0 Å². The van der Waals surface area contributed by atoms with Crippen LogP contribution in [0.3, 0.4) is 0 Å². The molecular weight excluding hydrogens is 296 g/mol. The fraction of sp³-hybridized carbons (Fsp3) is 0.462. The summed E-state index contributed by atoms with van der Waals surface area (Å²) in [4.78, 5) is 22.3. The summed E-state index contributed by atoms with van der Waals surface area (Å²) in [6, 6.07) is 4.20. The lowest BCUT2D eigenvalue weighted by Gasteiger charge is -2.15. The molecule has 0 aliphatic rings. The molecule has 1 amide bonds.